The van der Waals surface area contributed by atoms with E-state index in [0.717, 1.165) is 11.5 Å². The van der Waals surface area contributed by atoms with Gasteiger partial charge in [0.2, 0.25) is 5.91 Å². The average molecular weight is 319 g/mol. The average Bonchev–Trinajstić information content (AvgIpc) is 2.42. The lowest BCUT2D eigenvalue weighted by molar-refractivity contribution is -0.131. The molecule has 0 saturated carbocycles. The fourth-order valence-corrected chi connectivity index (χ4v) is 3.28. The van der Waals surface area contributed by atoms with Gasteiger partial charge in [-0.3, -0.25) is 14.4 Å². The molecular formula is C14H25NO3S2. The summed E-state index contributed by atoms with van der Waals surface area (Å²) < 4.78 is 0. The predicted octanol–water partition coefficient (Wildman–Crippen LogP) is 2.86. The first-order chi connectivity index (χ1) is 9.42. The van der Waals surface area contributed by atoms with Crippen molar-refractivity contribution in [1.29, 1.82) is 0 Å². The Bertz CT molecular complexity index is 334. The SMILES string of the molecule is CCSSCCC(=O)C[C@@H](C)C(=O)N[C@@H](C)C(=O)CC. The Hall–Kier alpha value is -0.490. The van der Waals surface area contributed by atoms with Gasteiger partial charge in [0.1, 0.15) is 5.78 Å². The molecule has 0 unspecified atom stereocenters. The molecule has 0 aliphatic heterocycles. The van der Waals surface area contributed by atoms with E-state index >= 15 is 0 Å². The molecule has 0 spiro atoms. The van der Waals surface area contributed by atoms with Crippen molar-refractivity contribution in [1.82, 2.24) is 5.32 Å². The molecule has 0 radical (unpaired) electrons. The molecule has 1 amide bonds. The van der Waals surface area contributed by atoms with E-state index in [1.165, 1.54) is 0 Å². The first-order valence-electron chi connectivity index (χ1n) is 7.01. The second kappa shape index (κ2) is 11.2. The summed E-state index contributed by atoms with van der Waals surface area (Å²) in [6, 6.07) is -0.471. The van der Waals surface area contributed by atoms with Crippen molar-refractivity contribution in [3.8, 4) is 0 Å². The van der Waals surface area contributed by atoms with Gasteiger partial charge < -0.3 is 5.32 Å². The van der Waals surface area contributed by atoms with E-state index in [1.54, 1.807) is 42.4 Å². The van der Waals surface area contributed by atoms with Crippen LogP contribution in [0.15, 0.2) is 0 Å². The maximum Gasteiger partial charge on any atom is 0.223 e. The van der Waals surface area contributed by atoms with E-state index < -0.39 is 6.04 Å². The normalized spacial score (nSPS) is 13.6. The van der Waals surface area contributed by atoms with E-state index in [2.05, 4.69) is 12.2 Å². The minimum absolute atomic E-state index is 0.00451. The Morgan fingerprint density at radius 3 is 2.30 bits per heavy atom. The van der Waals surface area contributed by atoms with Crippen molar-refractivity contribution >= 4 is 39.1 Å². The highest BCUT2D eigenvalue weighted by Crippen LogP contribution is 2.21. The number of amides is 1. The van der Waals surface area contributed by atoms with Crippen molar-refractivity contribution in [2.24, 2.45) is 5.92 Å². The van der Waals surface area contributed by atoms with E-state index in [1.807, 2.05) is 0 Å². The Labute approximate surface area is 129 Å². The number of carbonyl (C=O) groups excluding carboxylic acids is 3. The van der Waals surface area contributed by atoms with Gasteiger partial charge in [0.15, 0.2) is 5.78 Å². The number of rotatable bonds is 11. The lowest BCUT2D eigenvalue weighted by atomic mass is 10.0. The Morgan fingerprint density at radius 2 is 1.75 bits per heavy atom. The standard InChI is InChI=1S/C14H25NO3S2/c1-5-13(17)11(4)15-14(18)10(3)9-12(16)7-8-20-19-6-2/h10-11H,5-9H2,1-4H3,(H,15,18)/t10-,11+/m1/s1. The van der Waals surface area contributed by atoms with Gasteiger partial charge in [0.05, 0.1) is 6.04 Å². The maximum absolute atomic E-state index is 11.9. The monoisotopic (exact) mass is 319 g/mol. The molecule has 4 nitrogen and oxygen atoms in total. The molecule has 0 heterocycles. The van der Waals surface area contributed by atoms with E-state index in [0.29, 0.717) is 12.8 Å². The molecule has 116 valence electrons. The van der Waals surface area contributed by atoms with Crippen LogP contribution in [0.1, 0.15) is 47.0 Å². The van der Waals surface area contributed by atoms with Gasteiger partial charge in [-0.25, -0.2) is 0 Å². The molecule has 20 heavy (non-hydrogen) atoms. The fourth-order valence-electron chi connectivity index (χ4n) is 1.58. The summed E-state index contributed by atoms with van der Waals surface area (Å²) in [7, 11) is 3.42. The summed E-state index contributed by atoms with van der Waals surface area (Å²) in [6.45, 7) is 7.25. The molecule has 2 atom stereocenters. The van der Waals surface area contributed by atoms with Gasteiger partial charge in [-0.1, -0.05) is 42.4 Å². The molecule has 0 aliphatic rings. The van der Waals surface area contributed by atoms with E-state index in [-0.39, 0.29) is 29.8 Å². The van der Waals surface area contributed by atoms with Gasteiger partial charge in [-0.15, -0.1) is 0 Å². The van der Waals surface area contributed by atoms with Gasteiger partial charge in [0.25, 0.3) is 0 Å². The minimum atomic E-state index is -0.471. The molecule has 0 aromatic heterocycles. The summed E-state index contributed by atoms with van der Waals surface area (Å²) in [5, 5.41) is 2.66. The van der Waals surface area contributed by atoms with Crippen LogP contribution >= 0.6 is 21.6 Å². The van der Waals surface area contributed by atoms with Gasteiger partial charge in [-0.2, -0.15) is 0 Å². The van der Waals surface area contributed by atoms with Crippen molar-refractivity contribution in [2.45, 2.75) is 53.0 Å². The Kier molecular flexibility index (Phi) is 10.9. The maximum atomic E-state index is 11.9. The summed E-state index contributed by atoms with van der Waals surface area (Å²) in [5.74, 6) is 1.33. The first-order valence-corrected chi connectivity index (χ1v) is 9.50. The fraction of sp³-hybridized carbons (Fsp3) is 0.786. The number of nitrogens with one attached hydrogen (secondary N) is 1. The summed E-state index contributed by atoms with van der Waals surface area (Å²) in [5.41, 5.74) is 0. The van der Waals surface area contributed by atoms with Gasteiger partial charge >= 0.3 is 0 Å². The molecule has 1 N–H and O–H groups in total. The molecular weight excluding hydrogens is 294 g/mol. The lowest BCUT2D eigenvalue weighted by Gasteiger charge is -2.15. The van der Waals surface area contributed by atoms with E-state index in [4.69, 9.17) is 0 Å². The van der Waals surface area contributed by atoms with Crippen LogP contribution in [-0.2, 0) is 14.4 Å². The van der Waals surface area contributed by atoms with Gasteiger partial charge in [-0.05, 0) is 6.92 Å². The number of hydrogen-bond acceptors (Lipinski definition) is 5. The van der Waals surface area contributed by atoms with Gasteiger partial charge in [0, 0.05) is 36.7 Å². The largest absolute Gasteiger partial charge is 0.346 e. The molecule has 0 bridgehead atoms. The molecule has 6 heteroatoms. The van der Waals surface area contributed by atoms with Crippen LogP contribution in [0.5, 0.6) is 0 Å². The molecule has 0 aliphatic carbocycles. The lowest BCUT2D eigenvalue weighted by Crippen LogP contribution is -2.41. The van der Waals surface area contributed by atoms with Crippen LogP contribution in [-0.4, -0.2) is 35.0 Å². The smallest absolute Gasteiger partial charge is 0.223 e. The van der Waals surface area contributed by atoms with Crippen molar-refractivity contribution in [2.75, 3.05) is 11.5 Å². The molecule has 0 aromatic rings. The third kappa shape index (κ3) is 8.64. The highest BCUT2D eigenvalue weighted by atomic mass is 33.1. The minimum Gasteiger partial charge on any atom is -0.346 e. The first kappa shape index (κ1) is 19.5. The Balaban J connectivity index is 4.00. The highest BCUT2D eigenvalue weighted by molar-refractivity contribution is 8.76. The quantitative estimate of drug-likeness (QED) is 0.469. The molecule has 0 fully saturated rings. The van der Waals surface area contributed by atoms with Crippen LogP contribution in [0, 0.1) is 5.92 Å². The zero-order valence-corrected chi connectivity index (χ0v) is 14.4. The molecule has 0 rings (SSSR count). The summed E-state index contributed by atoms with van der Waals surface area (Å²) in [6.07, 6.45) is 1.15. The second-order valence-corrected chi connectivity index (χ2v) is 7.54. The van der Waals surface area contributed by atoms with Crippen LogP contribution in [0.25, 0.3) is 0 Å². The highest BCUT2D eigenvalue weighted by Gasteiger charge is 2.20. The number of hydrogen-bond donors (Lipinski definition) is 1. The summed E-state index contributed by atoms with van der Waals surface area (Å²) >= 11 is 0. The zero-order valence-electron chi connectivity index (χ0n) is 12.7. The van der Waals surface area contributed by atoms with Crippen LogP contribution in [0.3, 0.4) is 0 Å². The van der Waals surface area contributed by atoms with Crippen LogP contribution < -0.4 is 5.32 Å². The van der Waals surface area contributed by atoms with Crippen molar-refractivity contribution < 1.29 is 14.4 Å². The Morgan fingerprint density at radius 1 is 1.10 bits per heavy atom. The van der Waals surface area contributed by atoms with Crippen LogP contribution in [0.2, 0.25) is 0 Å². The van der Waals surface area contributed by atoms with Crippen LogP contribution in [0.4, 0.5) is 0 Å². The zero-order chi connectivity index (χ0) is 15.5. The second-order valence-electron chi connectivity index (χ2n) is 4.67. The third-order valence-corrected chi connectivity index (χ3v) is 5.32. The third-order valence-electron chi connectivity index (χ3n) is 2.84. The van der Waals surface area contributed by atoms with Crippen molar-refractivity contribution in [3.63, 3.8) is 0 Å². The predicted molar refractivity (Wildman–Crippen MR) is 86.9 cm³/mol. The number of ketones is 2. The van der Waals surface area contributed by atoms with Crippen molar-refractivity contribution in [3.05, 3.63) is 0 Å². The molecule has 0 aromatic carbocycles. The number of Topliss-reactive ketones (excluding diaryl/α,β-unsaturated/α-hetero) is 2. The summed E-state index contributed by atoms with van der Waals surface area (Å²) in [4.78, 5) is 35.0. The van der Waals surface area contributed by atoms with E-state index in [9.17, 15) is 14.4 Å². The topological polar surface area (TPSA) is 63.2 Å². The number of carbonyl (C=O) groups is 3. The molecule has 0 saturated heterocycles.